The maximum Gasteiger partial charge on any atom is 0.0117 e. The summed E-state index contributed by atoms with van der Waals surface area (Å²) in [7, 11) is 0. The molecule has 1 unspecified atom stereocenters. The lowest BCUT2D eigenvalue weighted by Gasteiger charge is -2.15. The van der Waals surface area contributed by atoms with Gasteiger partial charge in [0.05, 0.1) is 0 Å². The smallest absolute Gasteiger partial charge is 0.0117 e. The third-order valence-corrected chi connectivity index (χ3v) is 3.08. The van der Waals surface area contributed by atoms with E-state index in [9.17, 15) is 0 Å². The summed E-state index contributed by atoms with van der Waals surface area (Å²) in [6, 6.07) is 2.78. The van der Waals surface area contributed by atoms with Crippen molar-refractivity contribution in [2.45, 2.75) is 39.2 Å². The predicted octanol–water partition coefficient (Wildman–Crippen LogP) is 3.07. The molecule has 0 spiro atoms. The SMILES string of the molecule is CC#CCCC(Cc1ccsc1)NCC. The maximum atomic E-state index is 3.52. The second kappa shape index (κ2) is 7.50. The van der Waals surface area contributed by atoms with Crippen LogP contribution in [0.1, 0.15) is 32.3 Å². The molecule has 82 valence electrons. The molecule has 1 rings (SSSR count). The van der Waals surface area contributed by atoms with Crippen molar-refractivity contribution >= 4 is 11.3 Å². The summed E-state index contributed by atoms with van der Waals surface area (Å²) in [5.74, 6) is 6.08. The number of hydrogen-bond acceptors (Lipinski definition) is 2. The zero-order chi connectivity index (χ0) is 10.9. The molecule has 0 aliphatic heterocycles. The molecule has 1 heterocycles. The van der Waals surface area contributed by atoms with Crippen molar-refractivity contribution in [1.29, 1.82) is 0 Å². The molecule has 1 atom stereocenters. The van der Waals surface area contributed by atoms with Gasteiger partial charge in [-0.25, -0.2) is 0 Å². The molecule has 0 saturated carbocycles. The van der Waals surface area contributed by atoms with Gasteiger partial charge in [0.15, 0.2) is 0 Å². The fourth-order valence-electron chi connectivity index (χ4n) is 1.63. The Bertz CT molecular complexity index is 305. The van der Waals surface area contributed by atoms with Crippen LogP contribution in [0.5, 0.6) is 0 Å². The molecule has 0 radical (unpaired) electrons. The fourth-order valence-corrected chi connectivity index (χ4v) is 2.31. The Morgan fingerprint density at radius 1 is 1.53 bits per heavy atom. The highest BCUT2D eigenvalue weighted by molar-refractivity contribution is 7.07. The summed E-state index contributed by atoms with van der Waals surface area (Å²) in [5.41, 5.74) is 1.44. The Kier molecular flexibility index (Phi) is 6.15. The van der Waals surface area contributed by atoms with Crippen LogP contribution in [0.15, 0.2) is 16.8 Å². The maximum absolute atomic E-state index is 3.52. The number of rotatable bonds is 6. The third kappa shape index (κ3) is 5.01. The van der Waals surface area contributed by atoms with Crippen LogP contribution < -0.4 is 5.32 Å². The van der Waals surface area contributed by atoms with Gasteiger partial charge in [0.1, 0.15) is 0 Å². The molecule has 1 aromatic rings. The van der Waals surface area contributed by atoms with Gasteiger partial charge >= 0.3 is 0 Å². The molecule has 0 bridgehead atoms. The molecule has 1 aromatic heterocycles. The van der Waals surface area contributed by atoms with Crippen LogP contribution >= 0.6 is 11.3 Å². The number of likely N-dealkylation sites (N-methyl/N-ethyl adjacent to an activating group) is 1. The average molecular weight is 221 g/mol. The Labute approximate surface area is 96.9 Å². The van der Waals surface area contributed by atoms with Crippen molar-refractivity contribution in [2.24, 2.45) is 0 Å². The van der Waals surface area contributed by atoms with E-state index in [-0.39, 0.29) is 0 Å². The van der Waals surface area contributed by atoms with Crippen molar-refractivity contribution in [3.63, 3.8) is 0 Å². The molecule has 2 heteroatoms. The van der Waals surface area contributed by atoms with E-state index < -0.39 is 0 Å². The lowest BCUT2D eigenvalue weighted by Crippen LogP contribution is -2.30. The summed E-state index contributed by atoms with van der Waals surface area (Å²) in [6.07, 6.45) is 3.27. The second-order valence-electron chi connectivity index (χ2n) is 3.56. The minimum Gasteiger partial charge on any atom is -0.314 e. The zero-order valence-corrected chi connectivity index (χ0v) is 10.4. The van der Waals surface area contributed by atoms with E-state index in [2.05, 4.69) is 40.9 Å². The van der Waals surface area contributed by atoms with Crippen molar-refractivity contribution in [1.82, 2.24) is 5.32 Å². The number of nitrogens with one attached hydrogen (secondary N) is 1. The van der Waals surface area contributed by atoms with Gasteiger partial charge < -0.3 is 5.32 Å². The Morgan fingerprint density at radius 3 is 3.00 bits per heavy atom. The monoisotopic (exact) mass is 221 g/mol. The molecule has 1 N–H and O–H groups in total. The molecule has 1 nitrogen and oxygen atoms in total. The first-order valence-corrected chi connectivity index (χ1v) is 6.45. The topological polar surface area (TPSA) is 12.0 Å². The summed E-state index contributed by atoms with van der Waals surface area (Å²) in [4.78, 5) is 0. The highest BCUT2D eigenvalue weighted by atomic mass is 32.1. The lowest BCUT2D eigenvalue weighted by molar-refractivity contribution is 0.498. The summed E-state index contributed by atoms with van der Waals surface area (Å²) in [5, 5.41) is 7.89. The molecular formula is C13H19NS. The number of hydrogen-bond donors (Lipinski definition) is 1. The standard InChI is InChI=1S/C13H19NS/c1-3-5-6-7-13(14-4-2)10-12-8-9-15-11-12/h8-9,11,13-14H,4,6-7,10H2,1-2H3. The van der Waals surface area contributed by atoms with Crippen LogP contribution in [0, 0.1) is 11.8 Å². The first kappa shape index (κ1) is 12.3. The van der Waals surface area contributed by atoms with Gasteiger partial charge in [-0.2, -0.15) is 11.3 Å². The lowest BCUT2D eigenvalue weighted by atomic mass is 10.0. The fraction of sp³-hybridized carbons (Fsp3) is 0.538. The van der Waals surface area contributed by atoms with Crippen LogP contribution in [0.25, 0.3) is 0 Å². The van der Waals surface area contributed by atoms with E-state index >= 15 is 0 Å². The third-order valence-electron chi connectivity index (χ3n) is 2.35. The van der Waals surface area contributed by atoms with Crippen molar-refractivity contribution < 1.29 is 0 Å². The van der Waals surface area contributed by atoms with Crippen molar-refractivity contribution in [3.8, 4) is 11.8 Å². The molecule has 0 saturated heterocycles. The summed E-state index contributed by atoms with van der Waals surface area (Å²) < 4.78 is 0. The minimum atomic E-state index is 0.574. The molecule has 0 fully saturated rings. The van der Waals surface area contributed by atoms with E-state index in [1.807, 2.05) is 6.92 Å². The number of thiophene rings is 1. The van der Waals surface area contributed by atoms with Crippen LogP contribution in [0.2, 0.25) is 0 Å². The van der Waals surface area contributed by atoms with E-state index in [1.165, 1.54) is 5.56 Å². The molecule has 0 aliphatic rings. The average Bonchev–Trinajstić information content (AvgIpc) is 2.71. The summed E-state index contributed by atoms with van der Waals surface area (Å²) in [6.45, 7) is 5.10. The highest BCUT2D eigenvalue weighted by Gasteiger charge is 2.07. The van der Waals surface area contributed by atoms with Gasteiger partial charge in [0, 0.05) is 12.5 Å². The highest BCUT2D eigenvalue weighted by Crippen LogP contribution is 2.11. The van der Waals surface area contributed by atoms with Gasteiger partial charge in [0.2, 0.25) is 0 Å². The van der Waals surface area contributed by atoms with Crippen LogP contribution in [-0.4, -0.2) is 12.6 Å². The molecule has 0 amide bonds. The van der Waals surface area contributed by atoms with E-state index in [4.69, 9.17) is 0 Å². The zero-order valence-electron chi connectivity index (χ0n) is 9.55. The normalized spacial score (nSPS) is 11.9. The van der Waals surface area contributed by atoms with Crippen molar-refractivity contribution in [3.05, 3.63) is 22.4 Å². The van der Waals surface area contributed by atoms with Crippen molar-refractivity contribution in [2.75, 3.05) is 6.54 Å². The first-order chi connectivity index (χ1) is 7.36. The quantitative estimate of drug-likeness (QED) is 0.728. The van der Waals surface area contributed by atoms with E-state index in [1.54, 1.807) is 11.3 Å². The Balaban J connectivity index is 2.38. The van der Waals surface area contributed by atoms with E-state index in [0.29, 0.717) is 6.04 Å². The van der Waals surface area contributed by atoms with Gasteiger partial charge in [-0.05, 0) is 48.7 Å². The Morgan fingerprint density at radius 2 is 2.40 bits per heavy atom. The molecular weight excluding hydrogens is 202 g/mol. The largest absolute Gasteiger partial charge is 0.314 e. The summed E-state index contributed by atoms with van der Waals surface area (Å²) >= 11 is 1.77. The van der Waals surface area contributed by atoms with Crippen LogP contribution in [-0.2, 0) is 6.42 Å². The van der Waals surface area contributed by atoms with Gasteiger partial charge in [0.25, 0.3) is 0 Å². The van der Waals surface area contributed by atoms with Crippen LogP contribution in [0.4, 0.5) is 0 Å². The first-order valence-electron chi connectivity index (χ1n) is 5.51. The predicted molar refractivity (Wildman–Crippen MR) is 68.2 cm³/mol. The molecule has 15 heavy (non-hydrogen) atoms. The molecule has 0 aliphatic carbocycles. The van der Waals surface area contributed by atoms with Gasteiger partial charge in [-0.3, -0.25) is 0 Å². The van der Waals surface area contributed by atoms with Gasteiger partial charge in [-0.1, -0.05) is 6.92 Å². The Hall–Kier alpha value is -0.780. The molecule has 0 aromatic carbocycles. The van der Waals surface area contributed by atoms with Crippen LogP contribution in [0.3, 0.4) is 0 Å². The van der Waals surface area contributed by atoms with Gasteiger partial charge in [-0.15, -0.1) is 11.8 Å². The van der Waals surface area contributed by atoms with E-state index in [0.717, 1.165) is 25.8 Å². The minimum absolute atomic E-state index is 0.574. The second-order valence-corrected chi connectivity index (χ2v) is 4.34.